The maximum atomic E-state index is 12.3. The number of hydrogen-bond acceptors (Lipinski definition) is 4. The van der Waals surface area contributed by atoms with Gasteiger partial charge in [0, 0.05) is 32.0 Å². The van der Waals surface area contributed by atoms with Crippen molar-refractivity contribution in [2.24, 2.45) is 7.05 Å². The number of fused-ring (bicyclic) bond motifs is 3. The van der Waals surface area contributed by atoms with Gasteiger partial charge in [-0.2, -0.15) is 4.98 Å². The fourth-order valence-electron chi connectivity index (χ4n) is 3.67. The number of aryl methyl sites for hydroxylation is 3. The Balaban J connectivity index is 1.56. The number of rotatable bonds is 6. The van der Waals surface area contributed by atoms with Crippen molar-refractivity contribution in [3.8, 4) is 0 Å². The van der Waals surface area contributed by atoms with Gasteiger partial charge in [-0.25, -0.2) is 4.79 Å². The lowest BCUT2D eigenvalue weighted by Gasteiger charge is -2.17. The van der Waals surface area contributed by atoms with Gasteiger partial charge < -0.3 is 9.47 Å². The van der Waals surface area contributed by atoms with E-state index in [0.29, 0.717) is 16.9 Å². The average Bonchev–Trinajstić information content (AvgIpc) is 3.17. The van der Waals surface area contributed by atoms with Crippen LogP contribution in [0, 0.1) is 6.92 Å². The molecule has 1 aromatic carbocycles. The van der Waals surface area contributed by atoms with Crippen LogP contribution in [0.25, 0.3) is 16.9 Å². The summed E-state index contributed by atoms with van der Waals surface area (Å²) < 4.78 is 5.24. The molecule has 1 N–H and O–H groups in total. The molecule has 4 aromatic rings. The van der Waals surface area contributed by atoms with Gasteiger partial charge in [0.25, 0.3) is 5.56 Å². The third kappa shape index (κ3) is 3.16. The molecule has 0 radical (unpaired) electrons. The van der Waals surface area contributed by atoms with Crippen LogP contribution in [0.5, 0.6) is 0 Å². The third-order valence-corrected chi connectivity index (χ3v) is 5.13. The number of imidazole rings is 2. The molecule has 0 aliphatic rings. The summed E-state index contributed by atoms with van der Waals surface area (Å²) >= 11 is 0. The van der Waals surface area contributed by atoms with E-state index in [1.54, 1.807) is 11.4 Å². The highest BCUT2D eigenvalue weighted by atomic mass is 16.2. The number of H-pyrrole nitrogens is 1. The van der Waals surface area contributed by atoms with Gasteiger partial charge in [-0.3, -0.25) is 18.7 Å². The molecule has 0 fully saturated rings. The second-order valence-corrected chi connectivity index (χ2v) is 7.27. The molecule has 0 amide bonds. The molecule has 8 heteroatoms. The van der Waals surface area contributed by atoms with E-state index in [1.165, 1.54) is 10.1 Å². The minimum atomic E-state index is -0.455. The number of nitrogens with one attached hydrogen (secondary N) is 1. The van der Waals surface area contributed by atoms with Crippen molar-refractivity contribution < 1.29 is 0 Å². The quantitative estimate of drug-likeness (QED) is 0.550. The summed E-state index contributed by atoms with van der Waals surface area (Å²) in [4.78, 5) is 33.3. The molecule has 8 nitrogen and oxygen atoms in total. The lowest BCUT2D eigenvalue weighted by atomic mass is 10.2. The van der Waals surface area contributed by atoms with Crippen LogP contribution in [-0.4, -0.2) is 42.0 Å². The first-order valence-corrected chi connectivity index (χ1v) is 9.35. The highest BCUT2D eigenvalue weighted by molar-refractivity contribution is 5.75. The lowest BCUT2D eigenvalue weighted by Crippen LogP contribution is -2.28. The van der Waals surface area contributed by atoms with Crippen LogP contribution in [0.15, 0.2) is 46.1 Å². The van der Waals surface area contributed by atoms with Gasteiger partial charge in [-0.15, -0.1) is 0 Å². The molecule has 0 bridgehead atoms. The summed E-state index contributed by atoms with van der Waals surface area (Å²) in [5.41, 5.74) is 2.26. The Hall–Kier alpha value is -3.13. The first-order chi connectivity index (χ1) is 13.5. The maximum Gasteiger partial charge on any atom is 0.329 e. The van der Waals surface area contributed by atoms with Crippen LogP contribution in [0.1, 0.15) is 17.7 Å². The van der Waals surface area contributed by atoms with Crippen molar-refractivity contribution in [2.75, 3.05) is 13.6 Å². The van der Waals surface area contributed by atoms with E-state index in [2.05, 4.69) is 50.7 Å². The molecule has 3 heterocycles. The average molecular weight is 380 g/mol. The molecular formula is C20H24N6O2. The first kappa shape index (κ1) is 18.2. The SMILES string of the molecule is Cc1cn2c3c(=O)[nH]c(=O)n(C)c3nc2n1CCCN(C)Cc1ccccc1. The first-order valence-electron chi connectivity index (χ1n) is 9.35. The molecule has 28 heavy (non-hydrogen) atoms. The zero-order valence-corrected chi connectivity index (χ0v) is 16.3. The van der Waals surface area contributed by atoms with Gasteiger partial charge in [0.2, 0.25) is 5.78 Å². The minimum absolute atomic E-state index is 0.402. The molecule has 3 aromatic heterocycles. The molecule has 0 saturated carbocycles. The van der Waals surface area contributed by atoms with Crippen molar-refractivity contribution >= 4 is 16.9 Å². The molecule has 0 saturated heterocycles. The molecule has 0 aliphatic carbocycles. The normalized spacial score (nSPS) is 11.9. The fourth-order valence-corrected chi connectivity index (χ4v) is 3.67. The van der Waals surface area contributed by atoms with E-state index in [1.807, 2.05) is 19.2 Å². The molecule has 0 aliphatic heterocycles. The molecule has 0 atom stereocenters. The van der Waals surface area contributed by atoms with E-state index in [-0.39, 0.29) is 0 Å². The van der Waals surface area contributed by atoms with Crippen LogP contribution in [0.4, 0.5) is 0 Å². The molecular weight excluding hydrogens is 356 g/mol. The number of aromatic nitrogens is 5. The Labute approximate surface area is 161 Å². The van der Waals surface area contributed by atoms with E-state index in [0.717, 1.165) is 31.7 Å². The number of aromatic amines is 1. The van der Waals surface area contributed by atoms with Gasteiger partial charge >= 0.3 is 5.69 Å². The molecule has 0 unspecified atom stereocenters. The van der Waals surface area contributed by atoms with Crippen molar-refractivity contribution in [3.05, 3.63) is 68.6 Å². The van der Waals surface area contributed by atoms with Gasteiger partial charge in [0.15, 0.2) is 11.2 Å². The van der Waals surface area contributed by atoms with E-state index in [4.69, 9.17) is 0 Å². The molecule has 0 spiro atoms. The summed E-state index contributed by atoms with van der Waals surface area (Å²) in [6.07, 6.45) is 2.85. The van der Waals surface area contributed by atoms with Gasteiger partial charge in [-0.05, 0) is 32.5 Å². The molecule has 4 rings (SSSR count). The van der Waals surface area contributed by atoms with E-state index >= 15 is 0 Å². The Bertz CT molecular complexity index is 1250. The Morgan fingerprint density at radius 2 is 1.93 bits per heavy atom. The fraction of sp³-hybridized carbons (Fsp3) is 0.350. The van der Waals surface area contributed by atoms with Gasteiger partial charge in [0.1, 0.15) is 0 Å². The van der Waals surface area contributed by atoms with Gasteiger partial charge in [-0.1, -0.05) is 30.3 Å². The van der Waals surface area contributed by atoms with Crippen LogP contribution in [-0.2, 0) is 20.1 Å². The van der Waals surface area contributed by atoms with Crippen LogP contribution < -0.4 is 11.2 Å². The lowest BCUT2D eigenvalue weighted by molar-refractivity contribution is 0.314. The second-order valence-electron chi connectivity index (χ2n) is 7.27. The number of hydrogen-bond donors (Lipinski definition) is 1. The standard InChI is InChI=1S/C20H24N6O2/c1-14-12-26-16-17(24(3)20(28)22-18(16)27)21-19(26)25(14)11-7-10-23(2)13-15-8-5-4-6-9-15/h4-6,8-9,12H,7,10-11,13H2,1-3H3,(H,22,27,28). The zero-order valence-electron chi connectivity index (χ0n) is 16.3. The predicted octanol–water partition coefficient (Wildman–Crippen LogP) is 1.51. The Morgan fingerprint density at radius 3 is 2.68 bits per heavy atom. The van der Waals surface area contributed by atoms with E-state index < -0.39 is 11.2 Å². The third-order valence-electron chi connectivity index (χ3n) is 5.13. The highest BCUT2D eigenvalue weighted by Crippen LogP contribution is 2.16. The second kappa shape index (κ2) is 7.12. The van der Waals surface area contributed by atoms with Crippen LogP contribution in [0.3, 0.4) is 0 Å². The number of benzene rings is 1. The van der Waals surface area contributed by atoms with E-state index in [9.17, 15) is 9.59 Å². The van der Waals surface area contributed by atoms with Gasteiger partial charge in [0.05, 0.1) is 0 Å². The topological polar surface area (TPSA) is 80.3 Å². The predicted molar refractivity (Wildman–Crippen MR) is 109 cm³/mol. The highest BCUT2D eigenvalue weighted by Gasteiger charge is 2.17. The smallest absolute Gasteiger partial charge is 0.314 e. The van der Waals surface area contributed by atoms with Crippen LogP contribution >= 0.6 is 0 Å². The molecule has 146 valence electrons. The van der Waals surface area contributed by atoms with Crippen molar-refractivity contribution in [1.82, 2.24) is 28.4 Å². The largest absolute Gasteiger partial charge is 0.329 e. The van der Waals surface area contributed by atoms with Crippen molar-refractivity contribution in [1.29, 1.82) is 0 Å². The monoisotopic (exact) mass is 380 g/mol. The van der Waals surface area contributed by atoms with Crippen molar-refractivity contribution in [3.63, 3.8) is 0 Å². The minimum Gasteiger partial charge on any atom is -0.314 e. The summed E-state index contributed by atoms with van der Waals surface area (Å²) in [7, 11) is 3.73. The maximum absolute atomic E-state index is 12.3. The summed E-state index contributed by atoms with van der Waals surface area (Å²) in [5.74, 6) is 0.685. The van der Waals surface area contributed by atoms with Crippen LogP contribution in [0.2, 0.25) is 0 Å². The zero-order chi connectivity index (χ0) is 19.8. The Kier molecular flexibility index (Phi) is 4.64. The van der Waals surface area contributed by atoms with Crippen molar-refractivity contribution in [2.45, 2.75) is 26.4 Å². The Morgan fingerprint density at radius 1 is 1.18 bits per heavy atom. The summed E-state index contributed by atoms with van der Waals surface area (Å²) in [6, 6.07) is 10.4. The summed E-state index contributed by atoms with van der Waals surface area (Å²) in [5, 5.41) is 0. The number of nitrogens with zero attached hydrogens (tertiary/aromatic N) is 5. The summed E-state index contributed by atoms with van der Waals surface area (Å²) in [6.45, 7) is 4.64.